The normalized spacial score (nSPS) is 21.6. The Morgan fingerprint density at radius 3 is 2.59 bits per heavy atom. The van der Waals surface area contributed by atoms with Crippen LogP contribution in [0.15, 0.2) is 29.6 Å². The van der Waals surface area contributed by atoms with E-state index in [1.54, 1.807) is 11.3 Å². The first-order valence-corrected chi connectivity index (χ1v) is 11.1. The second-order valence-corrected chi connectivity index (χ2v) is 8.68. The molecule has 27 heavy (non-hydrogen) atoms. The van der Waals surface area contributed by atoms with Crippen molar-refractivity contribution < 1.29 is 4.79 Å². The highest BCUT2D eigenvalue weighted by atomic mass is 32.1. The average molecular weight is 385 g/mol. The Balaban J connectivity index is 1.36. The zero-order valence-corrected chi connectivity index (χ0v) is 16.6. The highest BCUT2D eigenvalue weighted by molar-refractivity contribution is 7.13. The first-order valence-electron chi connectivity index (χ1n) is 10.2. The number of anilines is 1. The Bertz CT molecular complexity index is 723. The highest BCUT2D eigenvalue weighted by Gasteiger charge is 2.28. The molecule has 2 aliphatic rings. The molecule has 0 radical (unpaired) electrons. The zero-order valence-electron chi connectivity index (χ0n) is 15.8. The van der Waals surface area contributed by atoms with E-state index in [0.717, 1.165) is 55.2 Å². The monoisotopic (exact) mass is 384 g/mol. The molecule has 2 aromatic rings. The molecule has 4 rings (SSSR count). The van der Waals surface area contributed by atoms with Gasteiger partial charge in [0, 0.05) is 19.1 Å². The summed E-state index contributed by atoms with van der Waals surface area (Å²) in [5.74, 6) is 1.16. The summed E-state index contributed by atoms with van der Waals surface area (Å²) in [7, 11) is 0. The summed E-state index contributed by atoms with van der Waals surface area (Å²) < 4.78 is 0. The molecule has 0 aromatic carbocycles. The van der Waals surface area contributed by atoms with Gasteiger partial charge in [-0.05, 0) is 49.3 Å². The molecule has 1 amide bonds. The van der Waals surface area contributed by atoms with Crippen molar-refractivity contribution in [1.82, 2.24) is 15.5 Å². The smallest absolute Gasteiger partial charge is 0.225 e. The lowest BCUT2D eigenvalue weighted by Crippen LogP contribution is -2.46. The summed E-state index contributed by atoms with van der Waals surface area (Å²) in [6.45, 7) is 1.69. The van der Waals surface area contributed by atoms with Crippen molar-refractivity contribution in [1.29, 1.82) is 0 Å². The van der Waals surface area contributed by atoms with Gasteiger partial charge in [0.2, 0.25) is 5.91 Å². The number of piperidine rings is 1. The molecular weight excluding hydrogens is 356 g/mol. The molecule has 5 nitrogen and oxygen atoms in total. The van der Waals surface area contributed by atoms with Crippen molar-refractivity contribution in [3.8, 4) is 10.6 Å². The molecule has 3 heterocycles. The fourth-order valence-corrected chi connectivity index (χ4v) is 4.88. The van der Waals surface area contributed by atoms with Crippen molar-refractivity contribution in [2.24, 2.45) is 5.92 Å². The minimum Gasteiger partial charge on any atom is -0.354 e. The van der Waals surface area contributed by atoms with E-state index in [1.165, 1.54) is 25.7 Å². The lowest BCUT2D eigenvalue weighted by molar-refractivity contribution is -0.126. The number of carbonyl (C=O) groups excluding carboxylic acids is 1. The van der Waals surface area contributed by atoms with Gasteiger partial charge in [-0.15, -0.1) is 21.5 Å². The first kappa shape index (κ1) is 18.4. The molecule has 0 spiro atoms. The minimum atomic E-state index is 0.0563. The van der Waals surface area contributed by atoms with Gasteiger partial charge in [-0.25, -0.2) is 0 Å². The lowest BCUT2D eigenvalue weighted by Gasteiger charge is -2.33. The van der Waals surface area contributed by atoms with Gasteiger partial charge in [0.15, 0.2) is 5.82 Å². The summed E-state index contributed by atoms with van der Waals surface area (Å²) in [5.41, 5.74) is 0.911. The molecule has 1 atom stereocenters. The number of nitrogens with zero attached hydrogens (tertiary/aromatic N) is 3. The fourth-order valence-electron chi connectivity index (χ4n) is 4.19. The number of hydrogen-bond donors (Lipinski definition) is 1. The summed E-state index contributed by atoms with van der Waals surface area (Å²) in [6, 6.07) is 8.53. The zero-order chi connectivity index (χ0) is 18.5. The van der Waals surface area contributed by atoms with Gasteiger partial charge < -0.3 is 10.2 Å². The van der Waals surface area contributed by atoms with E-state index in [4.69, 9.17) is 0 Å². The third-order valence-corrected chi connectivity index (χ3v) is 6.63. The van der Waals surface area contributed by atoms with Crippen LogP contribution in [-0.4, -0.2) is 35.2 Å². The van der Waals surface area contributed by atoms with E-state index in [2.05, 4.69) is 26.5 Å². The number of thiophene rings is 1. The van der Waals surface area contributed by atoms with Gasteiger partial charge in [-0.1, -0.05) is 31.7 Å². The number of carbonyl (C=O) groups is 1. The maximum atomic E-state index is 12.8. The standard InChI is InChI=1S/C21H28N4OS/c26-21(22-17-8-3-1-2-4-9-17)16-7-5-13-25(15-16)20-12-11-18(23-24-20)19-10-6-14-27-19/h6,10-12,14,16-17H,1-5,7-9,13,15H2,(H,22,26). The molecule has 1 unspecified atom stereocenters. The molecule has 1 saturated carbocycles. The summed E-state index contributed by atoms with van der Waals surface area (Å²) in [4.78, 5) is 16.1. The summed E-state index contributed by atoms with van der Waals surface area (Å²) in [6.07, 6.45) is 9.37. The van der Waals surface area contributed by atoms with Crippen LogP contribution >= 0.6 is 11.3 Å². The molecular formula is C21H28N4OS. The third-order valence-electron chi connectivity index (χ3n) is 5.74. The van der Waals surface area contributed by atoms with Gasteiger partial charge in [-0.2, -0.15) is 0 Å². The van der Waals surface area contributed by atoms with E-state index in [9.17, 15) is 4.79 Å². The van der Waals surface area contributed by atoms with Gasteiger partial charge >= 0.3 is 0 Å². The third kappa shape index (κ3) is 4.67. The second kappa shape index (κ2) is 8.83. The van der Waals surface area contributed by atoms with Crippen LogP contribution in [0.2, 0.25) is 0 Å². The van der Waals surface area contributed by atoms with Crippen molar-refractivity contribution in [2.75, 3.05) is 18.0 Å². The van der Waals surface area contributed by atoms with Gasteiger partial charge in [0.05, 0.1) is 10.8 Å². The maximum Gasteiger partial charge on any atom is 0.225 e. The molecule has 144 valence electrons. The number of rotatable bonds is 4. The average Bonchev–Trinajstić information content (AvgIpc) is 3.14. The number of hydrogen-bond acceptors (Lipinski definition) is 5. The van der Waals surface area contributed by atoms with Gasteiger partial charge in [0.25, 0.3) is 0 Å². The quantitative estimate of drug-likeness (QED) is 0.800. The summed E-state index contributed by atoms with van der Waals surface area (Å²) in [5, 5.41) is 14.2. The van der Waals surface area contributed by atoms with Crippen LogP contribution in [0.3, 0.4) is 0 Å². The van der Waals surface area contributed by atoms with Crippen LogP contribution in [0.4, 0.5) is 5.82 Å². The maximum absolute atomic E-state index is 12.8. The van der Waals surface area contributed by atoms with E-state index in [0.29, 0.717) is 6.04 Å². The van der Waals surface area contributed by atoms with E-state index in [1.807, 2.05) is 23.6 Å². The predicted octanol–water partition coefficient (Wildman–Crippen LogP) is 4.26. The van der Waals surface area contributed by atoms with Crippen molar-refractivity contribution in [3.05, 3.63) is 29.6 Å². The SMILES string of the molecule is O=C(NC1CCCCCC1)C1CCCN(c2ccc(-c3cccs3)nn2)C1. The van der Waals surface area contributed by atoms with Gasteiger partial charge in [0.1, 0.15) is 5.69 Å². The molecule has 1 aliphatic carbocycles. The van der Waals surface area contributed by atoms with Crippen LogP contribution in [0.25, 0.3) is 10.6 Å². The lowest BCUT2D eigenvalue weighted by atomic mass is 9.96. The number of amides is 1. The Kier molecular flexibility index (Phi) is 6.02. The second-order valence-electron chi connectivity index (χ2n) is 7.74. The molecule has 1 saturated heterocycles. The van der Waals surface area contributed by atoms with Crippen LogP contribution in [-0.2, 0) is 4.79 Å². The Hall–Kier alpha value is -1.95. The summed E-state index contributed by atoms with van der Waals surface area (Å²) >= 11 is 1.67. The number of nitrogens with one attached hydrogen (secondary N) is 1. The fraction of sp³-hybridized carbons (Fsp3) is 0.571. The van der Waals surface area contributed by atoms with Crippen LogP contribution in [0, 0.1) is 5.92 Å². The molecule has 6 heteroatoms. The number of aromatic nitrogens is 2. The Labute approximate surface area is 165 Å². The molecule has 2 fully saturated rings. The Morgan fingerprint density at radius 2 is 1.89 bits per heavy atom. The van der Waals surface area contributed by atoms with Crippen molar-refractivity contribution >= 4 is 23.1 Å². The van der Waals surface area contributed by atoms with Crippen LogP contribution in [0.1, 0.15) is 51.4 Å². The molecule has 0 bridgehead atoms. The highest BCUT2D eigenvalue weighted by Crippen LogP contribution is 2.26. The minimum absolute atomic E-state index is 0.0563. The van der Waals surface area contributed by atoms with E-state index in [-0.39, 0.29) is 11.8 Å². The Morgan fingerprint density at radius 1 is 1.04 bits per heavy atom. The van der Waals surface area contributed by atoms with Gasteiger partial charge in [-0.3, -0.25) is 4.79 Å². The van der Waals surface area contributed by atoms with E-state index < -0.39 is 0 Å². The van der Waals surface area contributed by atoms with Crippen molar-refractivity contribution in [3.63, 3.8) is 0 Å². The molecule has 1 N–H and O–H groups in total. The predicted molar refractivity (Wildman–Crippen MR) is 110 cm³/mol. The van der Waals surface area contributed by atoms with Crippen LogP contribution in [0.5, 0.6) is 0 Å². The van der Waals surface area contributed by atoms with Crippen LogP contribution < -0.4 is 10.2 Å². The van der Waals surface area contributed by atoms with E-state index >= 15 is 0 Å². The topological polar surface area (TPSA) is 58.1 Å². The molecule has 1 aliphatic heterocycles. The van der Waals surface area contributed by atoms with Crippen molar-refractivity contribution in [2.45, 2.75) is 57.4 Å². The first-order chi connectivity index (χ1) is 13.3. The molecule has 2 aromatic heterocycles. The largest absolute Gasteiger partial charge is 0.354 e.